The third-order valence-electron chi connectivity index (χ3n) is 3.91. The highest BCUT2D eigenvalue weighted by molar-refractivity contribution is 5.94. The maximum atomic E-state index is 12.6. The fraction of sp³-hybridized carbons (Fsp3) is 0.562. The average Bonchev–Trinajstić information content (AvgIpc) is 2.98. The molecule has 1 aromatic carbocycles. The SMILES string of the molecule is COCCN(CC1CCCN1)C(=O)c1ccc(C)c(O)c1. The molecule has 2 N–H and O–H groups in total. The summed E-state index contributed by atoms with van der Waals surface area (Å²) in [7, 11) is 1.63. The van der Waals surface area contributed by atoms with Gasteiger partial charge in [-0.25, -0.2) is 0 Å². The number of phenolic OH excluding ortho intramolecular Hbond substituents is 1. The van der Waals surface area contributed by atoms with E-state index in [1.165, 1.54) is 0 Å². The van der Waals surface area contributed by atoms with Gasteiger partial charge in [0.1, 0.15) is 5.75 Å². The molecular formula is C16H24N2O3. The van der Waals surface area contributed by atoms with E-state index in [4.69, 9.17) is 4.74 Å². The molecule has 1 amide bonds. The largest absolute Gasteiger partial charge is 0.508 e. The Morgan fingerprint density at radius 1 is 1.52 bits per heavy atom. The van der Waals surface area contributed by atoms with Crippen LogP contribution < -0.4 is 5.32 Å². The maximum Gasteiger partial charge on any atom is 0.254 e. The van der Waals surface area contributed by atoms with Crippen LogP contribution in [0.1, 0.15) is 28.8 Å². The summed E-state index contributed by atoms with van der Waals surface area (Å²) in [6.45, 7) is 4.58. The Hall–Kier alpha value is -1.59. The molecule has 0 radical (unpaired) electrons. The van der Waals surface area contributed by atoms with Crippen LogP contribution in [0, 0.1) is 6.92 Å². The number of carbonyl (C=O) groups is 1. The number of nitrogens with one attached hydrogen (secondary N) is 1. The molecule has 1 heterocycles. The van der Waals surface area contributed by atoms with Crippen LogP contribution in [0.25, 0.3) is 0 Å². The number of ether oxygens (including phenoxy) is 1. The summed E-state index contributed by atoms with van der Waals surface area (Å²) < 4.78 is 5.10. The molecule has 1 fully saturated rings. The molecule has 1 aliphatic rings. The van der Waals surface area contributed by atoms with Crippen LogP contribution in [0.5, 0.6) is 5.75 Å². The second kappa shape index (κ2) is 7.43. The van der Waals surface area contributed by atoms with Gasteiger partial charge in [-0.1, -0.05) is 6.07 Å². The molecule has 0 aromatic heterocycles. The molecule has 1 atom stereocenters. The minimum absolute atomic E-state index is 0.0592. The second-order valence-corrected chi connectivity index (χ2v) is 5.54. The van der Waals surface area contributed by atoms with Crippen LogP contribution in [-0.4, -0.2) is 55.3 Å². The summed E-state index contributed by atoms with van der Waals surface area (Å²) in [4.78, 5) is 14.4. The quantitative estimate of drug-likeness (QED) is 0.835. The van der Waals surface area contributed by atoms with Crippen LogP contribution in [0.15, 0.2) is 18.2 Å². The number of hydrogen-bond donors (Lipinski definition) is 2. The predicted molar refractivity (Wildman–Crippen MR) is 81.6 cm³/mol. The van der Waals surface area contributed by atoms with Gasteiger partial charge < -0.3 is 20.1 Å². The van der Waals surface area contributed by atoms with Gasteiger partial charge in [0, 0.05) is 31.8 Å². The van der Waals surface area contributed by atoms with Crippen molar-refractivity contribution in [2.75, 3.05) is 33.4 Å². The van der Waals surface area contributed by atoms with Gasteiger partial charge in [0.25, 0.3) is 5.91 Å². The highest BCUT2D eigenvalue weighted by Gasteiger charge is 2.22. The Bertz CT molecular complexity index is 484. The van der Waals surface area contributed by atoms with Crippen molar-refractivity contribution in [1.29, 1.82) is 0 Å². The standard InChI is InChI=1S/C16H24N2O3/c1-12-5-6-13(10-15(12)19)16(20)18(8-9-21-2)11-14-4-3-7-17-14/h5-6,10,14,17,19H,3-4,7-9,11H2,1-2H3. The van der Waals surface area contributed by atoms with Crippen molar-refractivity contribution in [3.8, 4) is 5.75 Å². The summed E-state index contributed by atoms with van der Waals surface area (Å²) in [6, 6.07) is 5.42. The number of carbonyl (C=O) groups excluding carboxylic acids is 1. The number of benzene rings is 1. The van der Waals surface area contributed by atoms with Crippen LogP contribution in [0.2, 0.25) is 0 Å². The van der Waals surface area contributed by atoms with Gasteiger partial charge in [0.2, 0.25) is 0 Å². The monoisotopic (exact) mass is 292 g/mol. The maximum absolute atomic E-state index is 12.6. The first-order chi connectivity index (χ1) is 10.1. The van der Waals surface area contributed by atoms with E-state index in [-0.39, 0.29) is 11.7 Å². The zero-order chi connectivity index (χ0) is 15.2. The van der Waals surface area contributed by atoms with Gasteiger partial charge >= 0.3 is 0 Å². The van der Waals surface area contributed by atoms with E-state index in [1.54, 1.807) is 30.2 Å². The number of methoxy groups -OCH3 is 1. The lowest BCUT2D eigenvalue weighted by atomic mass is 10.1. The van der Waals surface area contributed by atoms with Crippen LogP contribution in [0.3, 0.4) is 0 Å². The van der Waals surface area contributed by atoms with E-state index in [9.17, 15) is 9.90 Å². The first-order valence-corrected chi connectivity index (χ1v) is 7.43. The normalized spacial score (nSPS) is 17.9. The number of nitrogens with zero attached hydrogens (tertiary/aromatic N) is 1. The van der Waals surface area contributed by atoms with Gasteiger partial charge in [-0.3, -0.25) is 4.79 Å². The van der Waals surface area contributed by atoms with Crippen molar-refractivity contribution < 1.29 is 14.6 Å². The Labute approximate surface area is 125 Å². The highest BCUT2D eigenvalue weighted by atomic mass is 16.5. The van der Waals surface area contributed by atoms with Crippen molar-refractivity contribution in [1.82, 2.24) is 10.2 Å². The Balaban J connectivity index is 2.09. The molecule has 1 aromatic rings. The second-order valence-electron chi connectivity index (χ2n) is 5.54. The van der Waals surface area contributed by atoms with E-state index in [2.05, 4.69) is 5.32 Å². The third kappa shape index (κ3) is 4.19. The number of hydrogen-bond acceptors (Lipinski definition) is 4. The lowest BCUT2D eigenvalue weighted by Crippen LogP contribution is -2.42. The van der Waals surface area contributed by atoms with Crippen LogP contribution in [0.4, 0.5) is 0 Å². The minimum Gasteiger partial charge on any atom is -0.508 e. The average molecular weight is 292 g/mol. The third-order valence-corrected chi connectivity index (χ3v) is 3.91. The minimum atomic E-state index is -0.0592. The Morgan fingerprint density at radius 3 is 2.95 bits per heavy atom. The molecule has 1 unspecified atom stereocenters. The molecule has 2 rings (SSSR count). The molecule has 0 aliphatic carbocycles. The van der Waals surface area contributed by atoms with E-state index < -0.39 is 0 Å². The summed E-state index contributed by atoms with van der Waals surface area (Å²) >= 11 is 0. The molecule has 5 nitrogen and oxygen atoms in total. The fourth-order valence-electron chi connectivity index (χ4n) is 2.58. The highest BCUT2D eigenvalue weighted by Crippen LogP contribution is 2.19. The van der Waals surface area contributed by atoms with E-state index in [1.807, 2.05) is 6.92 Å². The topological polar surface area (TPSA) is 61.8 Å². The number of aromatic hydroxyl groups is 1. The van der Waals surface area contributed by atoms with Gasteiger partial charge in [0.15, 0.2) is 0 Å². The van der Waals surface area contributed by atoms with Gasteiger partial charge in [-0.15, -0.1) is 0 Å². The molecule has 21 heavy (non-hydrogen) atoms. The van der Waals surface area contributed by atoms with Gasteiger partial charge in [0.05, 0.1) is 6.61 Å². The Morgan fingerprint density at radius 2 is 2.33 bits per heavy atom. The number of phenols is 1. The molecule has 0 saturated carbocycles. The number of rotatable bonds is 6. The lowest BCUT2D eigenvalue weighted by Gasteiger charge is -2.26. The zero-order valence-corrected chi connectivity index (χ0v) is 12.8. The first-order valence-electron chi connectivity index (χ1n) is 7.43. The van der Waals surface area contributed by atoms with E-state index in [0.717, 1.165) is 24.9 Å². The summed E-state index contributed by atoms with van der Waals surface area (Å²) in [5, 5.41) is 13.2. The van der Waals surface area contributed by atoms with Crippen molar-refractivity contribution in [3.05, 3.63) is 29.3 Å². The molecular weight excluding hydrogens is 268 g/mol. The lowest BCUT2D eigenvalue weighted by molar-refractivity contribution is 0.0679. The first kappa shape index (κ1) is 15.8. The number of aryl methyl sites for hydroxylation is 1. The van der Waals surface area contributed by atoms with Crippen molar-refractivity contribution in [3.63, 3.8) is 0 Å². The summed E-state index contributed by atoms with van der Waals surface area (Å²) in [5.41, 5.74) is 1.29. The van der Waals surface area contributed by atoms with Gasteiger partial charge in [-0.2, -0.15) is 0 Å². The molecule has 0 bridgehead atoms. The summed E-state index contributed by atoms with van der Waals surface area (Å²) in [6.07, 6.45) is 2.25. The molecule has 116 valence electrons. The van der Waals surface area contributed by atoms with Crippen molar-refractivity contribution in [2.24, 2.45) is 0 Å². The zero-order valence-electron chi connectivity index (χ0n) is 12.8. The van der Waals surface area contributed by atoms with Crippen LogP contribution in [-0.2, 0) is 4.74 Å². The number of amides is 1. The smallest absolute Gasteiger partial charge is 0.254 e. The van der Waals surface area contributed by atoms with Gasteiger partial charge in [-0.05, 0) is 44.0 Å². The molecule has 1 aliphatic heterocycles. The van der Waals surface area contributed by atoms with Crippen LogP contribution >= 0.6 is 0 Å². The fourth-order valence-corrected chi connectivity index (χ4v) is 2.58. The predicted octanol–water partition coefficient (Wildman–Crippen LogP) is 1.54. The molecule has 5 heteroatoms. The Kier molecular flexibility index (Phi) is 5.59. The van der Waals surface area contributed by atoms with E-state index in [0.29, 0.717) is 31.3 Å². The van der Waals surface area contributed by atoms with E-state index >= 15 is 0 Å². The van der Waals surface area contributed by atoms with Crippen molar-refractivity contribution >= 4 is 5.91 Å². The summed E-state index contributed by atoms with van der Waals surface area (Å²) in [5.74, 6) is 0.0996. The molecule has 0 spiro atoms. The van der Waals surface area contributed by atoms with Crippen molar-refractivity contribution in [2.45, 2.75) is 25.8 Å². The molecule has 1 saturated heterocycles.